The van der Waals surface area contributed by atoms with Crippen LogP contribution in [-0.2, 0) is 16.6 Å². The van der Waals surface area contributed by atoms with Crippen LogP contribution in [0, 0.1) is 12.7 Å². The zero-order valence-electron chi connectivity index (χ0n) is 17.0. The Hall–Kier alpha value is -2.55. The zero-order chi connectivity index (χ0) is 21.3. The number of aryl methyl sites for hydroxylation is 1. The average Bonchev–Trinajstić information content (AvgIpc) is 2.73. The standard InChI is InChI=1S/C22H24FN3O3S/c1-16-12-18-4-3-5-21(22(18)24-14-16)30(27,28)26-10-8-25(9-11-26)15-17-6-7-20(29-2)19(23)13-17/h3-7,12-14H,8-11,15H2,1-2H3. The van der Waals surface area contributed by atoms with Gasteiger partial charge < -0.3 is 4.74 Å². The Morgan fingerprint density at radius 3 is 2.57 bits per heavy atom. The van der Waals surface area contributed by atoms with E-state index >= 15 is 0 Å². The van der Waals surface area contributed by atoms with Crippen LogP contribution in [0.3, 0.4) is 0 Å². The number of ether oxygens (including phenoxy) is 1. The summed E-state index contributed by atoms with van der Waals surface area (Å²) < 4.78 is 46.9. The van der Waals surface area contributed by atoms with Crippen molar-refractivity contribution in [1.82, 2.24) is 14.2 Å². The molecule has 8 heteroatoms. The first-order valence-corrected chi connectivity index (χ1v) is 11.2. The number of para-hydroxylation sites is 1. The molecular weight excluding hydrogens is 405 g/mol. The third-order valence-corrected chi connectivity index (χ3v) is 7.31. The van der Waals surface area contributed by atoms with Crippen LogP contribution < -0.4 is 4.74 Å². The second-order valence-electron chi connectivity index (χ2n) is 7.49. The fourth-order valence-electron chi connectivity index (χ4n) is 3.78. The van der Waals surface area contributed by atoms with Gasteiger partial charge in [-0.3, -0.25) is 9.88 Å². The fourth-order valence-corrected chi connectivity index (χ4v) is 5.37. The van der Waals surface area contributed by atoms with E-state index in [2.05, 4.69) is 9.88 Å². The third-order valence-electron chi connectivity index (χ3n) is 5.38. The molecule has 158 valence electrons. The molecule has 1 aromatic heterocycles. The van der Waals surface area contributed by atoms with E-state index in [0.717, 1.165) is 16.5 Å². The molecule has 0 amide bonds. The minimum Gasteiger partial charge on any atom is -0.494 e. The molecule has 0 bridgehead atoms. The average molecular weight is 430 g/mol. The van der Waals surface area contributed by atoms with Crippen molar-refractivity contribution in [1.29, 1.82) is 0 Å². The van der Waals surface area contributed by atoms with Gasteiger partial charge in [-0.1, -0.05) is 18.2 Å². The van der Waals surface area contributed by atoms with E-state index in [1.165, 1.54) is 17.5 Å². The summed E-state index contributed by atoms with van der Waals surface area (Å²) in [6.45, 7) is 4.40. The molecular formula is C22H24FN3O3S. The topological polar surface area (TPSA) is 62.7 Å². The number of pyridine rings is 1. The lowest BCUT2D eigenvalue weighted by Gasteiger charge is -2.34. The lowest BCUT2D eigenvalue weighted by atomic mass is 10.2. The van der Waals surface area contributed by atoms with Gasteiger partial charge in [0.05, 0.1) is 12.6 Å². The molecule has 0 atom stereocenters. The van der Waals surface area contributed by atoms with E-state index < -0.39 is 15.8 Å². The van der Waals surface area contributed by atoms with Crippen molar-refractivity contribution in [2.75, 3.05) is 33.3 Å². The molecule has 30 heavy (non-hydrogen) atoms. The maximum Gasteiger partial charge on any atom is 0.245 e. The summed E-state index contributed by atoms with van der Waals surface area (Å²) in [4.78, 5) is 6.74. The molecule has 2 heterocycles. The van der Waals surface area contributed by atoms with Crippen LogP contribution >= 0.6 is 0 Å². The molecule has 1 saturated heterocycles. The van der Waals surface area contributed by atoms with Crippen molar-refractivity contribution >= 4 is 20.9 Å². The molecule has 2 aromatic carbocycles. The Kier molecular flexibility index (Phi) is 5.73. The minimum absolute atomic E-state index is 0.216. The molecule has 0 spiro atoms. The molecule has 1 aliphatic heterocycles. The van der Waals surface area contributed by atoms with Crippen molar-refractivity contribution in [3.63, 3.8) is 0 Å². The van der Waals surface area contributed by atoms with E-state index in [0.29, 0.717) is 38.2 Å². The Balaban J connectivity index is 1.48. The normalized spacial score (nSPS) is 16.1. The number of piperazine rings is 1. The van der Waals surface area contributed by atoms with E-state index in [9.17, 15) is 12.8 Å². The van der Waals surface area contributed by atoms with Crippen molar-refractivity contribution in [2.24, 2.45) is 0 Å². The highest BCUT2D eigenvalue weighted by atomic mass is 32.2. The molecule has 0 N–H and O–H groups in total. The molecule has 0 aliphatic carbocycles. The van der Waals surface area contributed by atoms with Crippen molar-refractivity contribution in [3.05, 3.63) is 65.6 Å². The van der Waals surface area contributed by atoms with Crippen LogP contribution in [0.2, 0.25) is 0 Å². The maximum atomic E-state index is 13.9. The first kappa shape index (κ1) is 20.7. The van der Waals surface area contributed by atoms with Crippen molar-refractivity contribution in [3.8, 4) is 5.75 Å². The number of halogens is 1. The number of fused-ring (bicyclic) bond motifs is 1. The van der Waals surface area contributed by atoms with Crippen LogP contribution in [0.1, 0.15) is 11.1 Å². The smallest absolute Gasteiger partial charge is 0.245 e. The molecule has 3 aromatic rings. The van der Waals surface area contributed by atoms with Gasteiger partial charge in [0.1, 0.15) is 4.90 Å². The van der Waals surface area contributed by atoms with Gasteiger partial charge in [0.15, 0.2) is 11.6 Å². The molecule has 0 unspecified atom stereocenters. The summed E-state index contributed by atoms with van der Waals surface area (Å²) in [5, 5.41) is 0.816. The number of sulfonamides is 1. The van der Waals surface area contributed by atoms with Crippen molar-refractivity contribution in [2.45, 2.75) is 18.4 Å². The van der Waals surface area contributed by atoms with Gasteiger partial charge in [0.25, 0.3) is 0 Å². The van der Waals surface area contributed by atoms with Crippen LogP contribution in [0.15, 0.2) is 53.6 Å². The van der Waals surface area contributed by atoms with Crippen LogP contribution in [-0.4, -0.2) is 55.9 Å². The van der Waals surface area contributed by atoms with Crippen LogP contribution in [0.4, 0.5) is 4.39 Å². The summed E-state index contributed by atoms with van der Waals surface area (Å²) >= 11 is 0. The monoisotopic (exact) mass is 429 g/mol. The summed E-state index contributed by atoms with van der Waals surface area (Å²) in [6.07, 6.45) is 1.69. The van der Waals surface area contributed by atoms with E-state index in [1.807, 2.05) is 25.1 Å². The van der Waals surface area contributed by atoms with Gasteiger partial charge in [-0.05, 0) is 42.3 Å². The highest BCUT2D eigenvalue weighted by Crippen LogP contribution is 2.26. The molecule has 0 saturated carbocycles. The predicted molar refractivity (Wildman–Crippen MR) is 113 cm³/mol. The lowest BCUT2D eigenvalue weighted by molar-refractivity contribution is 0.181. The van der Waals surface area contributed by atoms with Gasteiger partial charge in [-0.2, -0.15) is 4.31 Å². The first-order valence-electron chi connectivity index (χ1n) is 9.79. The van der Waals surface area contributed by atoms with Gasteiger partial charge in [-0.25, -0.2) is 12.8 Å². The number of hydrogen-bond acceptors (Lipinski definition) is 5. The lowest BCUT2D eigenvalue weighted by Crippen LogP contribution is -2.48. The van der Waals surface area contributed by atoms with Gasteiger partial charge in [0, 0.05) is 44.3 Å². The fraction of sp³-hybridized carbons (Fsp3) is 0.318. The van der Waals surface area contributed by atoms with Gasteiger partial charge in [-0.15, -0.1) is 0 Å². The molecule has 0 radical (unpaired) electrons. The summed E-state index contributed by atoms with van der Waals surface area (Å²) in [7, 11) is -2.21. The Morgan fingerprint density at radius 2 is 1.87 bits per heavy atom. The first-order chi connectivity index (χ1) is 14.4. The van der Waals surface area contributed by atoms with Gasteiger partial charge in [0.2, 0.25) is 10.0 Å². The van der Waals surface area contributed by atoms with E-state index in [4.69, 9.17) is 4.74 Å². The summed E-state index contributed by atoms with van der Waals surface area (Å²) in [5.74, 6) is -0.177. The molecule has 1 fully saturated rings. The zero-order valence-corrected chi connectivity index (χ0v) is 17.8. The van der Waals surface area contributed by atoms with Crippen molar-refractivity contribution < 1.29 is 17.5 Å². The highest BCUT2D eigenvalue weighted by Gasteiger charge is 2.30. The summed E-state index contributed by atoms with van der Waals surface area (Å²) in [6, 6.07) is 12.1. The number of hydrogen-bond donors (Lipinski definition) is 0. The quantitative estimate of drug-likeness (QED) is 0.623. The van der Waals surface area contributed by atoms with Crippen LogP contribution in [0.5, 0.6) is 5.75 Å². The predicted octanol–water partition coefficient (Wildman–Crippen LogP) is 3.20. The second-order valence-corrected chi connectivity index (χ2v) is 9.40. The Morgan fingerprint density at radius 1 is 1.10 bits per heavy atom. The Bertz CT molecular complexity index is 1180. The second kappa shape index (κ2) is 8.29. The maximum absolute atomic E-state index is 13.9. The number of nitrogens with zero attached hydrogens (tertiary/aromatic N) is 3. The largest absolute Gasteiger partial charge is 0.494 e. The molecule has 6 nitrogen and oxygen atoms in total. The Labute approximate surface area is 175 Å². The number of aromatic nitrogens is 1. The van der Waals surface area contributed by atoms with Crippen LogP contribution in [0.25, 0.3) is 10.9 Å². The number of rotatable bonds is 5. The van der Waals surface area contributed by atoms with E-state index in [-0.39, 0.29) is 10.6 Å². The van der Waals surface area contributed by atoms with E-state index in [1.54, 1.807) is 24.4 Å². The number of methoxy groups -OCH3 is 1. The van der Waals surface area contributed by atoms with Gasteiger partial charge >= 0.3 is 0 Å². The summed E-state index contributed by atoms with van der Waals surface area (Å²) in [5.41, 5.74) is 2.32. The minimum atomic E-state index is -3.65. The molecule has 4 rings (SSSR count). The third kappa shape index (κ3) is 4.03. The SMILES string of the molecule is COc1ccc(CN2CCN(S(=O)(=O)c3cccc4cc(C)cnc34)CC2)cc1F. The number of benzene rings is 2. The molecule has 1 aliphatic rings. The highest BCUT2D eigenvalue weighted by molar-refractivity contribution is 7.89.